The maximum Gasteiger partial charge on any atom is 0.473 e. The van der Waals surface area contributed by atoms with Gasteiger partial charge in [0.05, 0.1) is 19.3 Å². The van der Waals surface area contributed by atoms with Crippen LogP contribution < -0.4 is 0 Å². The van der Waals surface area contributed by atoms with Gasteiger partial charge in [0.15, 0.2) is 12.4 Å². The highest BCUT2D eigenvalue weighted by molar-refractivity contribution is 7.47. The van der Waals surface area contributed by atoms with E-state index in [4.69, 9.17) is 10.2 Å². The number of phosphoric ester groups is 1. The van der Waals surface area contributed by atoms with Gasteiger partial charge in [0.25, 0.3) is 0 Å². The van der Waals surface area contributed by atoms with E-state index in [1.54, 1.807) is 0 Å². The Balaban J connectivity index is 4.77. The Morgan fingerprint density at radius 2 is 1.46 bits per heavy atom. The van der Waals surface area contributed by atoms with Gasteiger partial charge in [-0.2, -0.15) is 0 Å². The molecule has 14 heteroatoms. The van der Waals surface area contributed by atoms with Gasteiger partial charge in [-0.15, -0.1) is 0 Å². The first-order valence-corrected chi connectivity index (χ1v) is 8.74. The largest absolute Gasteiger partial charge is 0.473 e. The average Bonchev–Trinajstić information content (AvgIpc) is 2.61. The molecule has 0 aliphatic heterocycles. The smallest absolute Gasteiger partial charge is 0.394 e. The Kier molecular flexibility index (Phi) is 11.4. The van der Waals surface area contributed by atoms with Gasteiger partial charge >= 0.3 is 7.82 Å². The highest BCUT2D eigenvalue weighted by atomic mass is 31.2. The summed E-state index contributed by atoms with van der Waals surface area (Å²) < 4.78 is 20.3. The van der Waals surface area contributed by atoms with Crippen molar-refractivity contribution in [2.75, 3.05) is 13.2 Å². The molecule has 0 heterocycles. The van der Waals surface area contributed by atoms with Crippen molar-refractivity contribution < 1.29 is 63.8 Å². The fourth-order valence-electron chi connectivity index (χ4n) is 1.65. The lowest BCUT2D eigenvalue weighted by Crippen LogP contribution is -2.47. The van der Waals surface area contributed by atoms with Crippen molar-refractivity contribution in [1.82, 2.24) is 0 Å². The summed E-state index contributed by atoms with van der Waals surface area (Å²) in [7, 11) is -5.11. The summed E-state index contributed by atoms with van der Waals surface area (Å²) in [6.45, 7) is -2.04. The summed E-state index contributed by atoms with van der Waals surface area (Å²) in [5.41, 5.74) is 0. The second kappa shape index (κ2) is 11.8. The number of carbonyl (C=O) groups is 2. The van der Waals surface area contributed by atoms with Crippen molar-refractivity contribution in [2.24, 2.45) is 0 Å². The van der Waals surface area contributed by atoms with Gasteiger partial charge in [-0.25, -0.2) is 4.57 Å². The molecule has 8 atom stereocenters. The molecule has 0 aliphatic carbocycles. The Hall–Kier alpha value is -0.830. The molecule has 0 aliphatic rings. The molecule has 0 aromatic heterocycles. The number of carbonyl (C=O) groups excluding carboxylic acids is 2. The molecule has 8 N–H and O–H groups in total. The molecule has 0 bridgehead atoms. The third-order valence-corrected chi connectivity index (χ3v) is 4.18. The lowest BCUT2D eigenvalue weighted by atomic mass is 10.0. The molecule has 0 aromatic carbocycles. The number of aliphatic hydroxyl groups excluding tert-OH is 7. The maximum absolute atomic E-state index is 11.7. The predicted octanol–water partition coefficient (Wildman–Crippen LogP) is -4.57. The Morgan fingerprint density at radius 1 is 0.885 bits per heavy atom. The third-order valence-electron chi connectivity index (χ3n) is 3.19. The van der Waals surface area contributed by atoms with Crippen LogP contribution in [-0.4, -0.2) is 109 Å². The molecular formula is C12H23O13P. The summed E-state index contributed by atoms with van der Waals surface area (Å²) >= 11 is 0. The number of aldehydes is 2. The van der Waals surface area contributed by atoms with E-state index in [-0.39, 0.29) is 12.6 Å². The fraction of sp³-hybridized carbons (Fsp3) is 0.833. The second-order valence-corrected chi connectivity index (χ2v) is 6.64. The number of hydrogen-bond donors (Lipinski definition) is 8. The van der Waals surface area contributed by atoms with Crippen LogP contribution in [-0.2, 0) is 23.2 Å². The van der Waals surface area contributed by atoms with Crippen molar-refractivity contribution >= 4 is 20.4 Å². The van der Waals surface area contributed by atoms with E-state index < -0.39 is 70.2 Å². The molecule has 0 rings (SSSR count). The van der Waals surface area contributed by atoms with E-state index in [9.17, 15) is 44.6 Å². The first-order chi connectivity index (χ1) is 12.0. The van der Waals surface area contributed by atoms with Crippen LogP contribution in [0.2, 0.25) is 0 Å². The number of aliphatic hydroxyl groups is 7. The maximum atomic E-state index is 11.7. The summed E-state index contributed by atoms with van der Waals surface area (Å²) in [5.74, 6) is 0. The molecule has 1 unspecified atom stereocenters. The van der Waals surface area contributed by atoms with E-state index in [0.717, 1.165) is 0 Å². The van der Waals surface area contributed by atoms with Crippen molar-refractivity contribution in [3.8, 4) is 0 Å². The Bertz CT molecular complexity index is 474. The molecule has 0 saturated heterocycles. The van der Waals surface area contributed by atoms with Gasteiger partial charge in [-0.3, -0.25) is 9.05 Å². The van der Waals surface area contributed by atoms with Crippen molar-refractivity contribution in [3.63, 3.8) is 0 Å². The molecule has 0 spiro atoms. The quantitative estimate of drug-likeness (QED) is 0.100. The number of rotatable bonds is 14. The first kappa shape index (κ1) is 25.2. The molecule has 0 fully saturated rings. The number of phosphoric acid groups is 1. The minimum Gasteiger partial charge on any atom is -0.394 e. The Morgan fingerprint density at radius 3 is 1.92 bits per heavy atom. The van der Waals surface area contributed by atoms with Gasteiger partial charge < -0.3 is 50.2 Å². The van der Waals surface area contributed by atoms with Crippen LogP contribution in [0, 0.1) is 0 Å². The van der Waals surface area contributed by atoms with Crippen LogP contribution >= 0.6 is 7.82 Å². The topological polar surface area (TPSA) is 232 Å². The summed E-state index contributed by atoms with van der Waals surface area (Å²) in [5, 5.41) is 65.2. The molecule has 13 nitrogen and oxygen atoms in total. The van der Waals surface area contributed by atoms with Gasteiger partial charge in [0.1, 0.15) is 36.8 Å². The van der Waals surface area contributed by atoms with E-state index in [1.165, 1.54) is 0 Å². The zero-order valence-electron chi connectivity index (χ0n) is 13.4. The van der Waals surface area contributed by atoms with E-state index in [0.29, 0.717) is 0 Å². The first-order valence-electron chi connectivity index (χ1n) is 7.24. The standard InChI is InChI=1S/C12H23O13P/c13-2-1-6(16)10(19)8(18)5-24-26(22,23)25-9(4-15)12(21)11(20)7(17)3-14/h2,4,6-12,14,16-21H,1,3,5H2,(H,22,23)/t6-,7-,8-,9+,10+,11-,12-/m1/s1. The van der Waals surface area contributed by atoms with Gasteiger partial charge in [0, 0.05) is 6.42 Å². The van der Waals surface area contributed by atoms with Crippen molar-refractivity contribution in [1.29, 1.82) is 0 Å². The summed E-state index contributed by atoms with van der Waals surface area (Å²) in [6, 6.07) is 0. The molecule has 154 valence electrons. The van der Waals surface area contributed by atoms with Crippen LogP contribution in [0.1, 0.15) is 6.42 Å². The van der Waals surface area contributed by atoms with Crippen LogP contribution in [0.3, 0.4) is 0 Å². The summed E-state index contributed by atoms with van der Waals surface area (Å²) in [4.78, 5) is 30.5. The van der Waals surface area contributed by atoms with E-state index in [2.05, 4.69) is 9.05 Å². The van der Waals surface area contributed by atoms with Crippen molar-refractivity contribution in [3.05, 3.63) is 0 Å². The monoisotopic (exact) mass is 406 g/mol. The highest BCUT2D eigenvalue weighted by Crippen LogP contribution is 2.45. The lowest BCUT2D eigenvalue weighted by Gasteiger charge is -2.27. The van der Waals surface area contributed by atoms with Crippen LogP contribution in [0.15, 0.2) is 0 Å². The van der Waals surface area contributed by atoms with Crippen LogP contribution in [0.4, 0.5) is 0 Å². The molecule has 26 heavy (non-hydrogen) atoms. The van der Waals surface area contributed by atoms with Crippen LogP contribution in [0.25, 0.3) is 0 Å². The molecule has 0 saturated carbocycles. The molecule has 0 radical (unpaired) electrons. The van der Waals surface area contributed by atoms with Gasteiger partial charge in [-0.1, -0.05) is 0 Å². The minimum absolute atomic E-state index is 0.177. The third kappa shape index (κ3) is 8.24. The van der Waals surface area contributed by atoms with Crippen molar-refractivity contribution in [2.45, 2.75) is 49.1 Å². The van der Waals surface area contributed by atoms with Crippen LogP contribution in [0.5, 0.6) is 0 Å². The molecular weight excluding hydrogens is 383 g/mol. The second-order valence-electron chi connectivity index (χ2n) is 5.23. The highest BCUT2D eigenvalue weighted by Gasteiger charge is 2.38. The summed E-state index contributed by atoms with van der Waals surface area (Å²) in [6.07, 6.45) is -14.2. The molecule has 0 amide bonds. The van der Waals surface area contributed by atoms with E-state index in [1.807, 2.05) is 0 Å². The lowest BCUT2D eigenvalue weighted by molar-refractivity contribution is -0.136. The zero-order chi connectivity index (χ0) is 20.5. The SMILES string of the molecule is O=CC[C@@H](O)[C@H](O)[C@H](O)COP(=O)(O)O[C@@H](C=O)[C@@H](O)[C@H](O)[C@H](O)CO. The normalized spacial score (nSPS) is 22.3. The predicted molar refractivity (Wildman–Crippen MR) is 80.5 cm³/mol. The zero-order valence-corrected chi connectivity index (χ0v) is 14.3. The van der Waals surface area contributed by atoms with Gasteiger partial charge in [0.2, 0.25) is 0 Å². The van der Waals surface area contributed by atoms with E-state index >= 15 is 0 Å². The fourth-order valence-corrected chi connectivity index (χ4v) is 2.53. The number of hydrogen-bond acceptors (Lipinski definition) is 12. The Labute approximate surface area is 147 Å². The minimum atomic E-state index is -5.11. The molecule has 0 aromatic rings. The van der Waals surface area contributed by atoms with Gasteiger partial charge in [-0.05, 0) is 0 Å². The average molecular weight is 406 g/mol.